The number of hydrogen-bond acceptors (Lipinski definition) is 4. The van der Waals surface area contributed by atoms with Crippen molar-refractivity contribution in [2.24, 2.45) is 5.73 Å². The highest BCUT2D eigenvalue weighted by Crippen LogP contribution is 2.30. The number of aliphatic carboxylic acids is 1. The summed E-state index contributed by atoms with van der Waals surface area (Å²) < 4.78 is 40.6. The molecule has 0 amide bonds. The number of rotatable bonds is 4. The fourth-order valence-corrected chi connectivity index (χ4v) is 1.99. The van der Waals surface area contributed by atoms with Gasteiger partial charge in [-0.25, -0.2) is 4.98 Å². The maximum absolute atomic E-state index is 12.2. The van der Waals surface area contributed by atoms with Gasteiger partial charge in [0.05, 0.1) is 12.6 Å². The first-order chi connectivity index (χ1) is 8.24. The molecule has 0 unspecified atom stereocenters. The second-order valence-electron chi connectivity index (χ2n) is 3.19. The molecule has 1 rings (SSSR count). The zero-order valence-electron chi connectivity index (χ0n) is 8.79. The number of carboxylic acid groups (broad SMARTS) is 1. The summed E-state index contributed by atoms with van der Waals surface area (Å²) in [5.41, 5.74) is 5.51. The summed E-state index contributed by atoms with van der Waals surface area (Å²) in [5, 5.41) is 8.70. The summed E-state index contributed by atoms with van der Waals surface area (Å²) in [7, 11) is 0. The van der Waals surface area contributed by atoms with E-state index < -0.39 is 24.5 Å². The molecular formula is C9H8F3IN2O3. The lowest BCUT2D eigenvalue weighted by Crippen LogP contribution is -2.20. The molecule has 5 nitrogen and oxygen atoms in total. The van der Waals surface area contributed by atoms with Gasteiger partial charge in [-0.1, -0.05) is 0 Å². The minimum absolute atomic E-state index is 0.110. The number of halogens is 4. The van der Waals surface area contributed by atoms with E-state index in [1.165, 1.54) is 0 Å². The minimum Gasteiger partial charge on any atom is -0.481 e. The van der Waals surface area contributed by atoms with Crippen molar-refractivity contribution in [2.75, 3.05) is 0 Å². The number of pyridine rings is 1. The van der Waals surface area contributed by atoms with Crippen LogP contribution in [0.25, 0.3) is 0 Å². The van der Waals surface area contributed by atoms with E-state index in [4.69, 9.17) is 10.8 Å². The number of carboxylic acids is 1. The average molecular weight is 376 g/mol. The standard InChI is InChI=1S/C9H8F3IN2O3/c10-9(11,12)18-6-3-15-8(13)5(2-14)4(6)1-7(16)17/h3H,1-2,14H2,(H,16,17). The van der Waals surface area contributed by atoms with E-state index >= 15 is 0 Å². The molecule has 100 valence electrons. The Kier molecular flexibility index (Phi) is 4.73. The fraction of sp³-hybridized carbons (Fsp3) is 0.333. The largest absolute Gasteiger partial charge is 0.573 e. The van der Waals surface area contributed by atoms with Gasteiger partial charge in [0.1, 0.15) is 3.70 Å². The third kappa shape index (κ3) is 3.98. The SMILES string of the molecule is NCc1c(I)ncc(OC(F)(F)F)c1CC(=O)O. The van der Waals surface area contributed by atoms with Crippen LogP contribution in [0.3, 0.4) is 0 Å². The molecule has 0 saturated carbocycles. The lowest BCUT2D eigenvalue weighted by Gasteiger charge is -2.15. The number of ether oxygens (including phenoxy) is 1. The van der Waals surface area contributed by atoms with Crippen LogP contribution in [-0.2, 0) is 17.8 Å². The second kappa shape index (κ2) is 5.69. The predicted octanol–water partition coefficient (Wildman–Crippen LogP) is 1.67. The molecule has 1 heterocycles. The van der Waals surface area contributed by atoms with Crippen LogP contribution in [0.2, 0.25) is 0 Å². The van der Waals surface area contributed by atoms with Crippen molar-refractivity contribution in [3.63, 3.8) is 0 Å². The molecule has 0 fully saturated rings. The van der Waals surface area contributed by atoms with E-state index in [2.05, 4.69) is 9.72 Å². The van der Waals surface area contributed by atoms with E-state index in [9.17, 15) is 18.0 Å². The second-order valence-corrected chi connectivity index (χ2v) is 4.21. The quantitative estimate of drug-likeness (QED) is 0.617. The molecule has 0 spiro atoms. The summed E-state index contributed by atoms with van der Waals surface area (Å²) in [6.07, 6.45) is -4.68. The Balaban J connectivity index is 3.28. The molecule has 0 atom stereocenters. The molecule has 9 heteroatoms. The number of alkyl halides is 3. The Hall–Kier alpha value is -1.10. The lowest BCUT2D eigenvalue weighted by molar-refractivity contribution is -0.275. The monoisotopic (exact) mass is 376 g/mol. The van der Waals surface area contributed by atoms with Crippen LogP contribution in [-0.4, -0.2) is 22.4 Å². The molecule has 1 aromatic rings. The van der Waals surface area contributed by atoms with Gasteiger partial charge in [-0.05, 0) is 22.6 Å². The van der Waals surface area contributed by atoms with Gasteiger partial charge in [-0.2, -0.15) is 0 Å². The molecule has 18 heavy (non-hydrogen) atoms. The van der Waals surface area contributed by atoms with Crippen molar-refractivity contribution in [2.45, 2.75) is 19.3 Å². The molecule has 0 radical (unpaired) electrons. The van der Waals surface area contributed by atoms with Crippen molar-refractivity contribution in [1.82, 2.24) is 4.98 Å². The van der Waals surface area contributed by atoms with Crippen molar-refractivity contribution in [3.05, 3.63) is 21.0 Å². The average Bonchev–Trinajstić information content (AvgIpc) is 2.20. The number of carbonyl (C=O) groups is 1. The van der Waals surface area contributed by atoms with Gasteiger partial charge in [-0.3, -0.25) is 4.79 Å². The van der Waals surface area contributed by atoms with Gasteiger partial charge < -0.3 is 15.6 Å². The third-order valence-corrected chi connectivity index (χ3v) is 2.89. The molecule has 0 aliphatic rings. The van der Waals surface area contributed by atoms with E-state index in [-0.39, 0.29) is 17.7 Å². The number of nitrogens with two attached hydrogens (primary N) is 1. The first-order valence-electron chi connectivity index (χ1n) is 4.58. The number of aromatic nitrogens is 1. The predicted molar refractivity (Wildman–Crippen MR) is 62.9 cm³/mol. The molecule has 1 aromatic heterocycles. The molecule has 0 aromatic carbocycles. The zero-order valence-corrected chi connectivity index (χ0v) is 10.9. The summed E-state index contributed by atoms with van der Waals surface area (Å²) in [5.74, 6) is -1.91. The van der Waals surface area contributed by atoms with Gasteiger partial charge in [0.25, 0.3) is 0 Å². The summed E-state index contributed by atoms with van der Waals surface area (Å²) in [4.78, 5) is 14.4. The summed E-state index contributed by atoms with van der Waals surface area (Å²) in [6.45, 7) is -0.122. The van der Waals surface area contributed by atoms with Crippen LogP contribution >= 0.6 is 22.6 Å². The van der Waals surface area contributed by atoms with Crippen LogP contribution in [0.15, 0.2) is 6.20 Å². The first kappa shape index (κ1) is 15.0. The van der Waals surface area contributed by atoms with Crippen molar-refractivity contribution >= 4 is 28.6 Å². The minimum atomic E-state index is -4.91. The van der Waals surface area contributed by atoms with Gasteiger partial charge in [0, 0.05) is 17.7 Å². The molecule has 0 aliphatic heterocycles. The van der Waals surface area contributed by atoms with Crippen molar-refractivity contribution in [3.8, 4) is 5.75 Å². The fourth-order valence-electron chi connectivity index (χ4n) is 1.31. The molecule has 0 bridgehead atoms. The zero-order chi connectivity index (χ0) is 13.9. The van der Waals surface area contributed by atoms with Gasteiger partial charge in [-0.15, -0.1) is 13.2 Å². The maximum atomic E-state index is 12.2. The molecule has 0 aliphatic carbocycles. The van der Waals surface area contributed by atoms with Gasteiger partial charge in [0.2, 0.25) is 0 Å². The summed E-state index contributed by atoms with van der Waals surface area (Å²) >= 11 is 1.77. The van der Waals surface area contributed by atoms with E-state index in [0.717, 1.165) is 6.20 Å². The van der Waals surface area contributed by atoms with Crippen LogP contribution in [0.4, 0.5) is 13.2 Å². The number of hydrogen-bond donors (Lipinski definition) is 2. The maximum Gasteiger partial charge on any atom is 0.573 e. The highest BCUT2D eigenvalue weighted by Gasteiger charge is 2.33. The Morgan fingerprint density at radius 3 is 2.56 bits per heavy atom. The van der Waals surface area contributed by atoms with Crippen LogP contribution in [0.5, 0.6) is 5.75 Å². The van der Waals surface area contributed by atoms with Crippen LogP contribution in [0, 0.1) is 3.70 Å². The summed E-state index contributed by atoms with van der Waals surface area (Å²) in [6, 6.07) is 0. The highest BCUT2D eigenvalue weighted by atomic mass is 127. The lowest BCUT2D eigenvalue weighted by atomic mass is 10.1. The molecule has 0 saturated heterocycles. The van der Waals surface area contributed by atoms with Crippen molar-refractivity contribution < 1.29 is 27.8 Å². The smallest absolute Gasteiger partial charge is 0.481 e. The van der Waals surface area contributed by atoms with Crippen molar-refractivity contribution in [1.29, 1.82) is 0 Å². The molecular weight excluding hydrogens is 368 g/mol. The van der Waals surface area contributed by atoms with Crippen LogP contribution < -0.4 is 10.5 Å². The number of nitrogens with zero attached hydrogens (tertiary/aromatic N) is 1. The Morgan fingerprint density at radius 2 is 2.11 bits per heavy atom. The molecule has 3 N–H and O–H groups in total. The Labute approximate surface area is 113 Å². The van der Waals surface area contributed by atoms with Gasteiger partial charge >= 0.3 is 12.3 Å². The topological polar surface area (TPSA) is 85.4 Å². The normalized spacial score (nSPS) is 11.4. The first-order valence-corrected chi connectivity index (χ1v) is 5.66. The van der Waals surface area contributed by atoms with E-state index in [1.807, 2.05) is 0 Å². The highest BCUT2D eigenvalue weighted by molar-refractivity contribution is 14.1. The Bertz CT molecular complexity index is 465. The van der Waals surface area contributed by atoms with Crippen LogP contribution in [0.1, 0.15) is 11.1 Å². The van der Waals surface area contributed by atoms with Gasteiger partial charge in [0.15, 0.2) is 5.75 Å². The third-order valence-electron chi connectivity index (χ3n) is 1.96. The van der Waals surface area contributed by atoms with E-state index in [1.54, 1.807) is 22.6 Å². The van der Waals surface area contributed by atoms with E-state index in [0.29, 0.717) is 3.70 Å². The Morgan fingerprint density at radius 1 is 1.50 bits per heavy atom.